The standard InChI is InChI=1S/C16H21NO3S/c1-21-8-4-7-17-9-13-12-5-2-3-6-14(12)20-11-16(13,10-17)15(18)19/h2-3,5-6,13H,4,7-11H2,1H3,(H,18,19)/t13-,16-/m1/s1. The minimum atomic E-state index is -0.784. The van der Waals surface area contributed by atoms with Gasteiger partial charge in [-0.15, -0.1) is 0 Å². The summed E-state index contributed by atoms with van der Waals surface area (Å²) in [6.07, 6.45) is 3.21. The fourth-order valence-electron chi connectivity index (χ4n) is 3.54. The van der Waals surface area contributed by atoms with Crippen molar-refractivity contribution in [2.45, 2.75) is 12.3 Å². The number of benzene rings is 1. The Morgan fingerprint density at radius 3 is 3.10 bits per heavy atom. The Balaban J connectivity index is 1.85. The van der Waals surface area contributed by atoms with Gasteiger partial charge in [-0.2, -0.15) is 11.8 Å². The van der Waals surface area contributed by atoms with E-state index in [0.29, 0.717) is 6.54 Å². The number of carboxylic acids is 1. The van der Waals surface area contributed by atoms with E-state index in [1.165, 1.54) is 0 Å². The molecule has 0 spiro atoms. The molecule has 2 atom stereocenters. The number of ether oxygens (including phenoxy) is 1. The highest BCUT2D eigenvalue weighted by Crippen LogP contribution is 2.49. The first kappa shape index (κ1) is 14.7. The van der Waals surface area contributed by atoms with Gasteiger partial charge in [0, 0.05) is 19.0 Å². The van der Waals surface area contributed by atoms with Crippen molar-refractivity contribution >= 4 is 17.7 Å². The molecule has 2 heterocycles. The predicted molar refractivity (Wildman–Crippen MR) is 84.2 cm³/mol. The van der Waals surface area contributed by atoms with E-state index in [4.69, 9.17) is 4.74 Å². The number of nitrogens with zero attached hydrogens (tertiary/aromatic N) is 1. The number of thioether (sulfide) groups is 1. The van der Waals surface area contributed by atoms with E-state index in [0.717, 1.165) is 36.6 Å². The lowest BCUT2D eigenvalue weighted by molar-refractivity contribution is -0.151. The smallest absolute Gasteiger partial charge is 0.315 e. The fourth-order valence-corrected chi connectivity index (χ4v) is 3.95. The van der Waals surface area contributed by atoms with E-state index in [2.05, 4.69) is 11.2 Å². The molecule has 3 rings (SSSR count). The maximum atomic E-state index is 11.9. The zero-order valence-electron chi connectivity index (χ0n) is 12.2. The van der Waals surface area contributed by atoms with Gasteiger partial charge in [0.15, 0.2) is 0 Å². The summed E-state index contributed by atoms with van der Waals surface area (Å²) >= 11 is 1.84. The van der Waals surface area contributed by atoms with E-state index in [-0.39, 0.29) is 12.5 Å². The Morgan fingerprint density at radius 2 is 2.33 bits per heavy atom. The molecule has 114 valence electrons. The quantitative estimate of drug-likeness (QED) is 0.846. The number of carbonyl (C=O) groups is 1. The van der Waals surface area contributed by atoms with Crippen molar-refractivity contribution < 1.29 is 14.6 Å². The lowest BCUT2D eigenvalue weighted by atomic mass is 9.73. The van der Waals surface area contributed by atoms with Crippen LogP contribution in [0.2, 0.25) is 0 Å². The van der Waals surface area contributed by atoms with Crippen LogP contribution in [0.5, 0.6) is 5.75 Å². The largest absolute Gasteiger partial charge is 0.492 e. The summed E-state index contributed by atoms with van der Waals surface area (Å²) in [5.41, 5.74) is 0.270. The van der Waals surface area contributed by atoms with Crippen molar-refractivity contribution in [2.75, 3.05) is 38.2 Å². The topological polar surface area (TPSA) is 49.8 Å². The minimum Gasteiger partial charge on any atom is -0.492 e. The summed E-state index contributed by atoms with van der Waals surface area (Å²) in [5, 5.41) is 9.80. The summed E-state index contributed by atoms with van der Waals surface area (Å²) in [6.45, 7) is 2.66. The van der Waals surface area contributed by atoms with Gasteiger partial charge in [0.2, 0.25) is 0 Å². The van der Waals surface area contributed by atoms with Gasteiger partial charge in [0.25, 0.3) is 0 Å². The minimum absolute atomic E-state index is 0.0363. The van der Waals surface area contributed by atoms with Crippen LogP contribution in [0.3, 0.4) is 0 Å². The van der Waals surface area contributed by atoms with Crippen molar-refractivity contribution in [3.63, 3.8) is 0 Å². The summed E-state index contributed by atoms with van der Waals surface area (Å²) in [7, 11) is 0. The van der Waals surface area contributed by atoms with Crippen molar-refractivity contribution in [1.29, 1.82) is 0 Å². The Morgan fingerprint density at radius 1 is 1.52 bits per heavy atom. The van der Waals surface area contributed by atoms with Crippen LogP contribution < -0.4 is 4.74 Å². The number of hydrogen-bond donors (Lipinski definition) is 1. The van der Waals surface area contributed by atoms with Crippen LogP contribution in [-0.2, 0) is 4.79 Å². The van der Waals surface area contributed by atoms with E-state index in [1.54, 1.807) is 0 Å². The number of aliphatic carboxylic acids is 1. The van der Waals surface area contributed by atoms with Crippen molar-refractivity contribution in [1.82, 2.24) is 4.90 Å². The molecule has 1 fully saturated rings. The number of rotatable bonds is 5. The lowest BCUT2D eigenvalue weighted by Gasteiger charge is -2.35. The average molecular weight is 307 g/mol. The maximum absolute atomic E-state index is 11.9. The van der Waals surface area contributed by atoms with Crippen LogP contribution in [0.25, 0.3) is 0 Å². The Labute approximate surface area is 129 Å². The van der Waals surface area contributed by atoms with Crippen LogP contribution in [0.1, 0.15) is 17.9 Å². The Hall–Kier alpha value is -1.20. The maximum Gasteiger partial charge on any atom is 0.315 e. The monoisotopic (exact) mass is 307 g/mol. The van der Waals surface area contributed by atoms with Crippen molar-refractivity contribution in [2.24, 2.45) is 5.41 Å². The van der Waals surface area contributed by atoms with Gasteiger partial charge in [0.1, 0.15) is 17.8 Å². The SMILES string of the molecule is CSCCCN1C[C@@H]2c3ccccc3OC[C@]2(C(=O)O)C1. The molecule has 5 heteroatoms. The third-order valence-electron chi connectivity index (χ3n) is 4.64. The highest BCUT2D eigenvalue weighted by Gasteiger charge is 2.56. The van der Waals surface area contributed by atoms with E-state index in [1.807, 2.05) is 36.0 Å². The first-order valence-electron chi connectivity index (χ1n) is 7.34. The number of para-hydroxylation sites is 1. The molecule has 0 bridgehead atoms. The fraction of sp³-hybridized carbons (Fsp3) is 0.562. The highest BCUT2D eigenvalue weighted by molar-refractivity contribution is 7.98. The predicted octanol–water partition coefficient (Wildman–Crippen LogP) is 2.30. The van der Waals surface area contributed by atoms with E-state index >= 15 is 0 Å². The summed E-state index contributed by atoms with van der Waals surface area (Å²) in [5.74, 6) is 1.28. The van der Waals surface area contributed by atoms with Crippen molar-refractivity contribution in [3.8, 4) is 5.75 Å². The van der Waals surface area contributed by atoms with Crippen LogP contribution in [0.4, 0.5) is 0 Å². The van der Waals surface area contributed by atoms with Gasteiger partial charge in [-0.05, 0) is 36.6 Å². The molecule has 0 radical (unpaired) electrons. The highest BCUT2D eigenvalue weighted by atomic mass is 32.2. The molecule has 1 aromatic carbocycles. The molecule has 0 aliphatic carbocycles. The van der Waals surface area contributed by atoms with Gasteiger partial charge >= 0.3 is 5.97 Å². The van der Waals surface area contributed by atoms with Crippen LogP contribution in [0, 0.1) is 5.41 Å². The molecular formula is C16H21NO3S. The number of fused-ring (bicyclic) bond motifs is 3. The zero-order chi connectivity index (χ0) is 14.9. The Bertz CT molecular complexity index is 536. The summed E-state index contributed by atoms with van der Waals surface area (Å²) < 4.78 is 5.76. The average Bonchev–Trinajstić information content (AvgIpc) is 2.88. The molecule has 0 amide bonds. The van der Waals surface area contributed by atoms with E-state index in [9.17, 15) is 9.90 Å². The number of likely N-dealkylation sites (tertiary alicyclic amines) is 1. The third kappa shape index (κ3) is 2.53. The molecule has 2 aliphatic rings. The van der Waals surface area contributed by atoms with Crippen LogP contribution in [-0.4, -0.2) is 54.2 Å². The summed E-state index contributed by atoms with van der Waals surface area (Å²) in [6, 6.07) is 7.87. The molecule has 0 unspecified atom stereocenters. The first-order chi connectivity index (χ1) is 10.2. The zero-order valence-corrected chi connectivity index (χ0v) is 13.1. The van der Waals surface area contributed by atoms with E-state index < -0.39 is 11.4 Å². The van der Waals surface area contributed by atoms with Crippen LogP contribution >= 0.6 is 11.8 Å². The third-order valence-corrected chi connectivity index (χ3v) is 5.34. The molecular weight excluding hydrogens is 286 g/mol. The number of carboxylic acid groups (broad SMARTS) is 1. The molecule has 21 heavy (non-hydrogen) atoms. The first-order valence-corrected chi connectivity index (χ1v) is 8.73. The van der Waals surface area contributed by atoms with Gasteiger partial charge in [-0.25, -0.2) is 0 Å². The second kappa shape index (κ2) is 5.89. The Kier molecular flexibility index (Phi) is 4.13. The van der Waals surface area contributed by atoms with Crippen LogP contribution in [0.15, 0.2) is 24.3 Å². The molecule has 1 N–H and O–H groups in total. The van der Waals surface area contributed by atoms with Gasteiger partial charge in [-0.3, -0.25) is 4.79 Å². The molecule has 4 nitrogen and oxygen atoms in total. The molecule has 1 saturated heterocycles. The second-order valence-corrected chi connectivity index (χ2v) is 6.91. The molecule has 1 aromatic rings. The van der Waals surface area contributed by atoms with Crippen molar-refractivity contribution in [3.05, 3.63) is 29.8 Å². The van der Waals surface area contributed by atoms with Gasteiger partial charge in [-0.1, -0.05) is 18.2 Å². The summed E-state index contributed by atoms with van der Waals surface area (Å²) in [4.78, 5) is 14.2. The van der Waals surface area contributed by atoms with Gasteiger partial charge < -0.3 is 14.7 Å². The van der Waals surface area contributed by atoms with Gasteiger partial charge in [0.05, 0.1) is 0 Å². The normalized spacial score (nSPS) is 27.8. The molecule has 2 aliphatic heterocycles. The number of hydrogen-bond acceptors (Lipinski definition) is 4. The molecule has 0 aromatic heterocycles. The molecule has 0 saturated carbocycles. The lowest BCUT2D eigenvalue weighted by Crippen LogP contribution is -2.45. The second-order valence-electron chi connectivity index (χ2n) is 5.92.